The van der Waals surface area contributed by atoms with Gasteiger partial charge in [0, 0.05) is 33.1 Å². The average molecular weight is 260 g/mol. The van der Waals surface area contributed by atoms with Crippen molar-refractivity contribution in [3.63, 3.8) is 0 Å². The molecule has 0 fully saturated rings. The van der Waals surface area contributed by atoms with Crippen LogP contribution in [0.4, 0.5) is 0 Å². The van der Waals surface area contributed by atoms with Crippen LogP contribution < -0.4 is 0 Å². The Morgan fingerprint density at radius 3 is 2.74 bits per heavy atom. The maximum atomic E-state index is 12.1. The van der Waals surface area contributed by atoms with Crippen LogP contribution in [0.25, 0.3) is 0 Å². The molecular formula is C14H16N2O3. The molecule has 0 aliphatic heterocycles. The number of carbonyl (C=O) groups is 1. The Morgan fingerprint density at radius 2 is 2.05 bits per heavy atom. The van der Waals surface area contributed by atoms with E-state index in [0.717, 1.165) is 5.56 Å². The zero-order chi connectivity index (χ0) is 13.7. The summed E-state index contributed by atoms with van der Waals surface area (Å²) in [5.74, 6) is 0.811. The van der Waals surface area contributed by atoms with Crippen LogP contribution in [-0.2, 0) is 17.9 Å². The van der Waals surface area contributed by atoms with Gasteiger partial charge >= 0.3 is 0 Å². The lowest BCUT2D eigenvalue weighted by Gasteiger charge is -2.15. The lowest BCUT2D eigenvalue weighted by molar-refractivity contribution is 0.0745. The maximum absolute atomic E-state index is 12.1. The number of hydrogen-bond acceptors (Lipinski definition) is 4. The monoisotopic (exact) mass is 260 g/mol. The normalized spacial score (nSPS) is 10.4. The van der Waals surface area contributed by atoms with Gasteiger partial charge in [-0.25, -0.2) is 0 Å². The van der Waals surface area contributed by atoms with Crippen molar-refractivity contribution in [2.45, 2.75) is 13.2 Å². The number of ether oxygens (including phenoxy) is 1. The van der Waals surface area contributed by atoms with Crippen molar-refractivity contribution >= 4 is 5.91 Å². The van der Waals surface area contributed by atoms with Crippen molar-refractivity contribution in [2.75, 3.05) is 14.2 Å². The highest BCUT2D eigenvalue weighted by Crippen LogP contribution is 2.12. The van der Waals surface area contributed by atoms with E-state index in [1.807, 2.05) is 12.1 Å². The molecule has 0 aliphatic rings. The number of aromatic nitrogens is 1. The van der Waals surface area contributed by atoms with Crippen LogP contribution in [-0.4, -0.2) is 29.9 Å². The summed E-state index contributed by atoms with van der Waals surface area (Å²) in [7, 11) is 3.32. The Kier molecular flexibility index (Phi) is 4.30. The summed E-state index contributed by atoms with van der Waals surface area (Å²) in [6.45, 7) is 0.878. The number of hydrogen-bond donors (Lipinski definition) is 0. The predicted octanol–water partition coefficient (Wildman–Crippen LogP) is 2.09. The van der Waals surface area contributed by atoms with Crippen LogP contribution >= 0.6 is 0 Å². The minimum atomic E-state index is -0.154. The molecule has 0 bridgehead atoms. The SMILES string of the molecule is COCc1ccc(C(=O)N(C)Cc2ccncc2)o1. The summed E-state index contributed by atoms with van der Waals surface area (Å²) in [5.41, 5.74) is 1.02. The van der Waals surface area contributed by atoms with E-state index in [-0.39, 0.29) is 5.91 Å². The van der Waals surface area contributed by atoms with Crippen molar-refractivity contribution in [3.8, 4) is 0 Å². The van der Waals surface area contributed by atoms with Crippen LogP contribution in [0.15, 0.2) is 41.1 Å². The van der Waals surface area contributed by atoms with E-state index in [2.05, 4.69) is 4.98 Å². The Labute approximate surface area is 111 Å². The predicted molar refractivity (Wildman–Crippen MR) is 69.5 cm³/mol. The smallest absolute Gasteiger partial charge is 0.289 e. The molecule has 0 saturated heterocycles. The fourth-order valence-electron chi connectivity index (χ4n) is 1.73. The highest BCUT2D eigenvalue weighted by molar-refractivity contribution is 5.91. The zero-order valence-corrected chi connectivity index (χ0v) is 11.0. The third-order valence-electron chi connectivity index (χ3n) is 2.67. The van der Waals surface area contributed by atoms with Gasteiger partial charge in [-0.15, -0.1) is 0 Å². The maximum Gasteiger partial charge on any atom is 0.289 e. The molecule has 2 heterocycles. The molecule has 0 radical (unpaired) electrons. The third kappa shape index (κ3) is 3.42. The van der Waals surface area contributed by atoms with Gasteiger partial charge in [-0.1, -0.05) is 0 Å². The van der Waals surface area contributed by atoms with Crippen LogP contribution in [0, 0.1) is 0 Å². The van der Waals surface area contributed by atoms with E-state index in [1.54, 1.807) is 43.6 Å². The van der Waals surface area contributed by atoms with E-state index in [1.165, 1.54) is 0 Å². The van der Waals surface area contributed by atoms with Gasteiger partial charge in [0.1, 0.15) is 12.4 Å². The number of rotatable bonds is 5. The largest absolute Gasteiger partial charge is 0.453 e. The van der Waals surface area contributed by atoms with E-state index in [0.29, 0.717) is 24.7 Å². The van der Waals surface area contributed by atoms with Crippen molar-refractivity contribution in [3.05, 3.63) is 53.7 Å². The molecule has 0 aromatic carbocycles. The first kappa shape index (κ1) is 13.3. The molecule has 5 nitrogen and oxygen atoms in total. The minimum Gasteiger partial charge on any atom is -0.453 e. The molecule has 5 heteroatoms. The van der Waals surface area contributed by atoms with Crippen LogP contribution in [0.1, 0.15) is 21.9 Å². The van der Waals surface area contributed by atoms with Crippen molar-refractivity contribution < 1.29 is 13.9 Å². The van der Waals surface area contributed by atoms with Crippen molar-refractivity contribution in [2.24, 2.45) is 0 Å². The summed E-state index contributed by atoms with van der Waals surface area (Å²) in [5, 5.41) is 0. The van der Waals surface area contributed by atoms with E-state index >= 15 is 0 Å². The molecule has 100 valence electrons. The summed E-state index contributed by atoms with van der Waals surface area (Å²) < 4.78 is 10.4. The Bertz CT molecular complexity index is 537. The molecule has 0 unspecified atom stereocenters. The highest BCUT2D eigenvalue weighted by atomic mass is 16.5. The molecule has 0 spiro atoms. The minimum absolute atomic E-state index is 0.154. The number of amides is 1. The second-order valence-corrected chi connectivity index (χ2v) is 4.22. The molecule has 2 aromatic rings. The van der Waals surface area contributed by atoms with Gasteiger partial charge in [-0.05, 0) is 29.8 Å². The average Bonchev–Trinajstić information content (AvgIpc) is 2.88. The first-order chi connectivity index (χ1) is 9.20. The summed E-state index contributed by atoms with van der Waals surface area (Å²) in [6.07, 6.45) is 3.41. The molecule has 1 amide bonds. The molecule has 2 aromatic heterocycles. The van der Waals surface area contributed by atoms with E-state index in [4.69, 9.17) is 9.15 Å². The molecule has 0 saturated carbocycles. The van der Waals surface area contributed by atoms with Crippen molar-refractivity contribution in [1.82, 2.24) is 9.88 Å². The quantitative estimate of drug-likeness (QED) is 0.826. The fraction of sp³-hybridized carbons (Fsp3) is 0.286. The fourth-order valence-corrected chi connectivity index (χ4v) is 1.73. The van der Waals surface area contributed by atoms with Gasteiger partial charge in [-0.3, -0.25) is 9.78 Å². The Morgan fingerprint density at radius 1 is 1.32 bits per heavy atom. The molecule has 2 rings (SSSR count). The van der Waals surface area contributed by atoms with Gasteiger partial charge < -0.3 is 14.1 Å². The summed E-state index contributed by atoms with van der Waals surface area (Å²) in [6, 6.07) is 7.17. The second kappa shape index (κ2) is 6.15. The number of carbonyl (C=O) groups excluding carboxylic acids is 1. The second-order valence-electron chi connectivity index (χ2n) is 4.22. The first-order valence-corrected chi connectivity index (χ1v) is 5.92. The molecule has 0 atom stereocenters. The molecule has 0 aliphatic carbocycles. The van der Waals surface area contributed by atoms with Gasteiger partial charge in [0.05, 0.1) is 0 Å². The number of pyridine rings is 1. The molecule has 0 N–H and O–H groups in total. The first-order valence-electron chi connectivity index (χ1n) is 5.92. The topological polar surface area (TPSA) is 55.6 Å². The number of nitrogens with zero attached hydrogens (tertiary/aromatic N) is 2. The van der Waals surface area contributed by atoms with E-state index < -0.39 is 0 Å². The highest BCUT2D eigenvalue weighted by Gasteiger charge is 2.16. The van der Waals surface area contributed by atoms with E-state index in [9.17, 15) is 4.79 Å². The van der Waals surface area contributed by atoms with Crippen LogP contribution in [0.5, 0.6) is 0 Å². The van der Waals surface area contributed by atoms with Gasteiger partial charge in [-0.2, -0.15) is 0 Å². The van der Waals surface area contributed by atoms with Gasteiger partial charge in [0.2, 0.25) is 0 Å². The summed E-state index contributed by atoms with van der Waals surface area (Å²) >= 11 is 0. The Balaban J connectivity index is 2.02. The lowest BCUT2D eigenvalue weighted by Crippen LogP contribution is -2.25. The van der Waals surface area contributed by atoms with Crippen LogP contribution in [0.3, 0.4) is 0 Å². The number of furan rings is 1. The lowest BCUT2D eigenvalue weighted by atomic mass is 10.2. The number of methoxy groups -OCH3 is 1. The third-order valence-corrected chi connectivity index (χ3v) is 2.67. The van der Waals surface area contributed by atoms with Crippen LogP contribution in [0.2, 0.25) is 0 Å². The van der Waals surface area contributed by atoms with Crippen molar-refractivity contribution in [1.29, 1.82) is 0 Å². The van der Waals surface area contributed by atoms with Gasteiger partial charge in [0.15, 0.2) is 5.76 Å². The molecular weight excluding hydrogens is 244 g/mol. The summed E-state index contributed by atoms with van der Waals surface area (Å²) in [4.78, 5) is 17.7. The van der Waals surface area contributed by atoms with Gasteiger partial charge in [0.25, 0.3) is 5.91 Å². The standard InChI is InChI=1S/C14H16N2O3/c1-16(9-11-5-7-15-8-6-11)14(17)13-4-3-12(19-13)10-18-2/h3-8H,9-10H2,1-2H3. The Hall–Kier alpha value is -2.14. The molecule has 19 heavy (non-hydrogen) atoms. The zero-order valence-electron chi connectivity index (χ0n) is 11.0.